The van der Waals surface area contributed by atoms with Crippen LogP contribution in [0.4, 0.5) is 4.39 Å². The van der Waals surface area contributed by atoms with Gasteiger partial charge in [0.05, 0.1) is 26.1 Å². The van der Waals surface area contributed by atoms with Crippen molar-refractivity contribution in [3.8, 4) is 5.88 Å². The number of hydrogen-bond donors (Lipinski definition) is 1. The molecule has 7 nitrogen and oxygen atoms in total. The second kappa shape index (κ2) is 4.71. The Hall–Kier alpha value is -1.80. The van der Waals surface area contributed by atoms with Crippen molar-refractivity contribution in [2.24, 2.45) is 0 Å². The minimum Gasteiger partial charge on any atom is -0.479 e. The molecular formula is C11H13FN4O3. The number of nitrogens with zero attached hydrogens (tertiary/aromatic N) is 4. The van der Waals surface area contributed by atoms with Gasteiger partial charge < -0.3 is 14.6 Å². The predicted molar refractivity (Wildman–Crippen MR) is 62.4 cm³/mol. The van der Waals surface area contributed by atoms with Crippen molar-refractivity contribution in [2.75, 3.05) is 13.7 Å². The Morgan fingerprint density at radius 3 is 3.05 bits per heavy atom. The number of rotatable bonds is 3. The number of imidazole rings is 1. The number of aliphatic hydroxyl groups is 1. The Labute approximate surface area is 108 Å². The third-order valence-electron chi connectivity index (χ3n) is 3.13. The van der Waals surface area contributed by atoms with E-state index in [0.717, 1.165) is 0 Å². The molecule has 19 heavy (non-hydrogen) atoms. The number of hydrogen-bond acceptors (Lipinski definition) is 6. The number of methoxy groups -OCH3 is 1. The Kier molecular flexibility index (Phi) is 3.03. The van der Waals surface area contributed by atoms with Crippen LogP contribution in [-0.2, 0) is 4.74 Å². The van der Waals surface area contributed by atoms with Crippen LogP contribution in [0.15, 0.2) is 12.7 Å². The van der Waals surface area contributed by atoms with Gasteiger partial charge in [-0.25, -0.2) is 14.4 Å². The molecule has 1 aliphatic rings. The smallest absolute Gasteiger partial charge is 0.245 e. The molecule has 1 saturated heterocycles. The van der Waals surface area contributed by atoms with Gasteiger partial charge in [0.25, 0.3) is 0 Å². The van der Waals surface area contributed by atoms with Gasteiger partial charge in [0.1, 0.15) is 12.5 Å². The van der Waals surface area contributed by atoms with Gasteiger partial charge in [-0.3, -0.25) is 4.57 Å². The van der Waals surface area contributed by atoms with E-state index in [1.165, 1.54) is 24.3 Å². The van der Waals surface area contributed by atoms with E-state index in [1.807, 2.05) is 0 Å². The largest absolute Gasteiger partial charge is 0.479 e. The fraction of sp³-hybridized carbons (Fsp3) is 0.545. The van der Waals surface area contributed by atoms with E-state index >= 15 is 0 Å². The lowest BCUT2D eigenvalue weighted by Crippen LogP contribution is -2.16. The van der Waals surface area contributed by atoms with E-state index in [9.17, 15) is 4.39 Å². The summed E-state index contributed by atoms with van der Waals surface area (Å²) in [5.74, 6) is 0.330. The summed E-state index contributed by atoms with van der Waals surface area (Å²) in [7, 11) is 1.48. The van der Waals surface area contributed by atoms with Crippen LogP contribution < -0.4 is 4.74 Å². The fourth-order valence-corrected chi connectivity index (χ4v) is 2.23. The molecule has 0 spiro atoms. The third-order valence-corrected chi connectivity index (χ3v) is 3.13. The van der Waals surface area contributed by atoms with Gasteiger partial charge in [0, 0.05) is 6.42 Å². The molecule has 0 amide bonds. The average Bonchev–Trinajstić information content (AvgIpc) is 3.01. The number of halogens is 1. The van der Waals surface area contributed by atoms with Crippen molar-refractivity contribution < 1.29 is 19.0 Å². The highest BCUT2D eigenvalue weighted by Crippen LogP contribution is 2.33. The highest BCUT2D eigenvalue weighted by Gasteiger charge is 2.37. The number of alkyl halides is 1. The highest BCUT2D eigenvalue weighted by molar-refractivity contribution is 5.75. The Morgan fingerprint density at radius 1 is 1.53 bits per heavy atom. The summed E-state index contributed by atoms with van der Waals surface area (Å²) in [4.78, 5) is 12.1. The molecule has 0 aromatic carbocycles. The van der Waals surface area contributed by atoms with Gasteiger partial charge in [-0.05, 0) is 0 Å². The minimum atomic E-state index is -1.21. The van der Waals surface area contributed by atoms with Crippen molar-refractivity contribution in [1.82, 2.24) is 19.5 Å². The Morgan fingerprint density at radius 2 is 2.37 bits per heavy atom. The molecule has 1 aliphatic heterocycles. The molecule has 0 radical (unpaired) electrons. The summed E-state index contributed by atoms with van der Waals surface area (Å²) in [6.07, 6.45) is 0.380. The van der Waals surface area contributed by atoms with Crippen LogP contribution >= 0.6 is 0 Å². The summed E-state index contributed by atoms with van der Waals surface area (Å²) >= 11 is 0. The summed E-state index contributed by atoms with van der Waals surface area (Å²) in [6.45, 7) is -0.206. The second-order valence-electron chi connectivity index (χ2n) is 4.29. The number of aliphatic hydroxyl groups excluding tert-OH is 1. The van der Waals surface area contributed by atoms with Gasteiger partial charge in [-0.1, -0.05) is 0 Å². The maximum Gasteiger partial charge on any atom is 0.245 e. The summed E-state index contributed by atoms with van der Waals surface area (Å²) in [6, 6.07) is 0. The fourth-order valence-electron chi connectivity index (χ4n) is 2.23. The molecule has 1 fully saturated rings. The first-order valence-corrected chi connectivity index (χ1v) is 5.86. The van der Waals surface area contributed by atoms with E-state index in [-0.39, 0.29) is 13.0 Å². The van der Waals surface area contributed by atoms with Crippen LogP contribution in [0.2, 0.25) is 0 Å². The van der Waals surface area contributed by atoms with Crippen LogP contribution in [0.1, 0.15) is 12.6 Å². The Bertz CT molecular complexity index is 590. The first-order valence-electron chi connectivity index (χ1n) is 5.86. The minimum absolute atomic E-state index is 0.156. The van der Waals surface area contributed by atoms with E-state index in [0.29, 0.717) is 17.0 Å². The SMILES string of the molecule is COc1ncnc2c1ncn2[C@@H]1O[C@H](CO)CC1F. The van der Waals surface area contributed by atoms with Crippen molar-refractivity contribution in [3.63, 3.8) is 0 Å². The van der Waals surface area contributed by atoms with Crippen LogP contribution in [0.25, 0.3) is 11.2 Å². The van der Waals surface area contributed by atoms with Crippen molar-refractivity contribution in [2.45, 2.75) is 24.9 Å². The molecule has 1 N–H and O–H groups in total. The van der Waals surface area contributed by atoms with E-state index in [2.05, 4.69) is 15.0 Å². The third kappa shape index (κ3) is 1.92. The molecule has 102 valence electrons. The van der Waals surface area contributed by atoms with Gasteiger partial charge >= 0.3 is 0 Å². The summed E-state index contributed by atoms with van der Waals surface area (Å²) in [5.41, 5.74) is 0.895. The number of aromatic nitrogens is 4. The Balaban J connectivity index is 2.02. The molecule has 2 aromatic rings. The van der Waals surface area contributed by atoms with Crippen LogP contribution in [0, 0.1) is 0 Å². The maximum atomic E-state index is 13.9. The van der Waals surface area contributed by atoms with Crippen LogP contribution in [0.3, 0.4) is 0 Å². The van der Waals surface area contributed by atoms with E-state index in [4.69, 9.17) is 14.6 Å². The van der Waals surface area contributed by atoms with Gasteiger partial charge in [-0.2, -0.15) is 4.98 Å². The van der Waals surface area contributed by atoms with Crippen molar-refractivity contribution in [1.29, 1.82) is 0 Å². The lowest BCUT2D eigenvalue weighted by atomic mass is 10.2. The second-order valence-corrected chi connectivity index (χ2v) is 4.29. The topological polar surface area (TPSA) is 82.3 Å². The molecule has 3 rings (SSSR count). The van der Waals surface area contributed by atoms with E-state index in [1.54, 1.807) is 0 Å². The van der Waals surface area contributed by atoms with Gasteiger partial charge in [-0.15, -0.1) is 0 Å². The molecule has 3 heterocycles. The molecule has 8 heteroatoms. The zero-order valence-electron chi connectivity index (χ0n) is 10.2. The normalized spacial score (nSPS) is 27.0. The number of fused-ring (bicyclic) bond motifs is 1. The maximum absolute atomic E-state index is 13.9. The standard InChI is InChI=1S/C11H13FN4O3/c1-18-10-8-9(13-4-14-10)16(5-15-8)11-7(12)2-6(3-17)19-11/h4-7,11,17H,2-3H2,1H3/t6-,7?,11+/m0/s1. The van der Waals surface area contributed by atoms with Crippen molar-refractivity contribution >= 4 is 11.2 Å². The van der Waals surface area contributed by atoms with Gasteiger partial charge in [0.2, 0.25) is 5.88 Å². The van der Waals surface area contributed by atoms with Gasteiger partial charge in [0.15, 0.2) is 17.4 Å². The molecule has 3 atom stereocenters. The highest BCUT2D eigenvalue weighted by atomic mass is 19.1. The van der Waals surface area contributed by atoms with Crippen LogP contribution in [0.5, 0.6) is 5.88 Å². The summed E-state index contributed by atoms with van der Waals surface area (Å²) < 4.78 is 26.0. The molecule has 0 aliphatic carbocycles. The molecule has 0 saturated carbocycles. The average molecular weight is 268 g/mol. The predicted octanol–water partition coefficient (Wildman–Crippen LogP) is 0.453. The van der Waals surface area contributed by atoms with Crippen molar-refractivity contribution in [3.05, 3.63) is 12.7 Å². The number of ether oxygens (including phenoxy) is 2. The first kappa shape index (κ1) is 12.2. The molecular weight excluding hydrogens is 255 g/mol. The quantitative estimate of drug-likeness (QED) is 0.870. The first-order chi connectivity index (χ1) is 9.24. The lowest BCUT2D eigenvalue weighted by Gasteiger charge is -2.15. The molecule has 1 unspecified atom stereocenters. The summed E-state index contributed by atoms with van der Waals surface area (Å²) in [5, 5.41) is 9.03. The molecule has 0 bridgehead atoms. The zero-order valence-corrected chi connectivity index (χ0v) is 10.2. The van der Waals surface area contributed by atoms with Crippen LogP contribution in [-0.4, -0.2) is 50.6 Å². The van der Waals surface area contributed by atoms with E-state index < -0.39 is 18.5 Å². The molecule has 2 aromatic heterocycles. The monoisotopic (exact) mass is 268 g/mol. The zero-order chi connectivity index (χ0) is 13.4. The lowest BCUT2D eigenvalue weighted by molar-refractivity contribution is -0.0351.